The number of rotatable bonds is 2. The molecule has 0 radical (unpaired) electrons. The summed E-state index contributed by atoms with van der Waals surface area (Å²) in [4.78, 5) is 0. The topological polar surface area (TPSA) is 12.0 Å². The largest absolute Gasteiger partial charge is 0.380 e. The third-order valence-electron chi connectivity index (χ3n) is 2.71. The van der Waals surface area contributed by atoms with Crippen LogP contribution in [0.4, 0.5) is 5.69 Å². The average molecular weight is 286 g/mol. The molecule has 15 heavy (non-hydrogen) atoms. The van der Waals surface area contributed by atoms with Crippen molar-refractivity contribution in [2.24, 2.45) is 0 Å². The molecule has 1 heterocycles. The van der Waals surface area contributed by atoms with Crippen LogP contribution in [0.25, 0.3) is 0 Å². The van der Waals surface area contributed by atoms with Gasteiger partial charge in [-0.1, -0.05) is 6.07 Å². The van der Waals surface area contributed by atoms with Gasteiger partial charge in [-0.3, -0.25) is 0 Å². The SMILES string of the molecule is Cc1cc(C)c(NC2CCSC2)c(Br)c1. The molecule has 1 N–H and O–H groups in total. The summed E-state index contributed by atoms with van der Waals surface area (Å²) in [5.41, 5.74) is 3.91. The first-order valence-electron chi connectivity index (χ1n) is 5.28. The highest BCUT2D eigenvalue weighted by atomic mass is 79.9. The van der Waals surface area contributed by atoms with Crippen LogP contribution in [0.15, 0.2) is 16.6 Å². The normalized spacial score (nSPS) is 20.6. The molecule has 1 unspecified atom stereocenters. The van der Waals surface area contributed by atoms with Crippen LogP contribution < -0.4 is 5.32 Å². The minimum Gasteiger partial charge on any atom is -0.380 e. The maximum Gasteiger partial charge on any atom is 0.0516 e. The number of nitrogens with one attached hydrogen (secondary N) is 1. The zero-order valence-electron chi connectivity index (χ0n) is 9.14. The quantitative estimate of drug-likeness (QED) is 0.882. The Morgan fingerprint density at radius 3 is 2.80 bits per heavy atom. The summed E-state index contributed by atoms with van der Waals surface area (Å²) in [5, 5.41) is 3.64. The van der Waals surface area contributed by atoms with E-state index < -0.39 is 0 Å². The average Bonchev–Trinajstić information content (AvgIpc) is 2.63. The molecule has 82 valence electrons. The van der Waals surface area contributed by atoms with Gasteiger partial charge < -0.3 is 5.32 Å². The predicted octanol–water partition coefficient (Wildman–Crippen LogP) is 3.98. The zero-order chi connectivity index (χ0) is 10.8. The summed E-state index contributed by atoms with van der Waals surface area (Å²) in [6.07, 6.45) is 1.28. The third-order valence-corrected chi connectivity index (χ3v) is 4.50. The van der Waals surface area contributed by atoms with Gasteiger partial charge in [0.1, 0.15) is 0 Å². The molecule has 0 aromatic heterocycles. The van der Waals surface area contributed by atoms with Crippen LogP contribution in [0, 0.1) is 13.8 Å². The molecule has 0 aliphatic carbocycles. The summed E-state index contributed by atoms with van der Waals surface area (Å²) in [6, 6.07) is 5.06. The Hall–Kier alpha value is -0.150. The van der Waals surface area contributed by atoms with Crippen molar-refractivity contribution in [2.45, 2.75) is 26.3 Å². The molecule has 1 aromatic rings. The van der Waals surface area contributed by atoms with Crippen molar-refractivity contribution in [3.63, 3.8) is 0 Å². The maximum atomic E-state index is 3.64. The van der Waals surface area contributed by atoms with Gasteiger partial charge >= 0.3 is 0 Å². The van der Waals surface area contributed by atoms with E-state index in [1.807, 2.05) is 11.8 Å². The second-order valence-electron chi connectivity index (χ2n) is 4.14. The lowest BCUT2D eigenvalue weighted by Gasteiger charge is -2.17. The zero-order valence-corrected chi connectivity index (χ0v) is 11.5. The second kappa shape index (κ2) is 4.79. The lowest BCUT2D eigenvalue weighted by Crippen LogP contribution is -2.19. The number of benzene rings is 1. The van der Waals surface area contributed by atoms with Crippen LogP contribution in [0.1, 0.15) is 17.5 Å². The molecule has 2 rings (SSSR count). The van der Waals surface area contributed by atoms with Crippen molar-refractivity contribution in [2.75, 3.05) is 16.8 Å². The number of hydrogen-bond acceptors (Lipinski definition) is 2. The monoisotopic (exact) mass is 285 g/mol. The molecule has 0 spiro atoms. The van der Waals surface area contributed by atoms with Crippen LogP contribution in [-0.4, -0.2) is 17.5 Å². The number of hydrogen-bond donors (Lipinski definition) is 1. The molecular weight excluding hydrogens is 270 g/mol. The smallest absolute Gasteiger partial charge is 0.0516 e. The first-order valence-corrected chi connectivity index (χ1v) is 7.22. The minimum absolute atomic E-state index is 0.646. The molecule has 1 atom stereocenters. The van der Waals surface area contributed by atoms with E-state index in [2.05, 4.69) is 47.2 Å². The fourth-order valence-corrected chi connectivity index (χ4v) is 3.89. The van der Waals surface area contributed by atoms with Crippen LogP contribution in [0.5, 0.6) is 0 Å². The van der Waals surface area contributed by atoms with Crippen molar-refractivity contribution in [1.82, 2.24) is 0 Å². The van der Waals surface area contributed by atoms with Crippen LogP contribution >= 0.6 is 27.7 Å². The van der Waals surface area contributed by atoms with E-state index in [1.165, 1.54) is 39.2 Å². The van der Waals surface area contributed by atoms with Crippen molar-refractivity contribution >= 4 is 33.4 Å². The maximum absolute atomic E-state index is 3.64. The molecule has 1 aliphatic rings. The number of anilines is 1. The molecule has 1 aromatic carbocycles. The van der Waals surface area contributed by atoms with E-state index in [-0.39, 0.29) is 0 Å². The van der Waals surface area contributed by atoms with Gasteiger partial charge in [0.05, 0.1) is 5.69 Å². The van der Waals surface area contributed by atoms with Gasteiger partial charge in [-0.05, 0) is 59.1 Å². The summed E-state index contributed by atoms with van der Waals surface area (Å²) in [5.74, 6) is 2.53. The van der Waals surface area contributed by atoms with E-state index in [1.54, 1.807) is 0 Å². The fraction of sp³-hybridized carbons (Fsp3) is 0.500. The van der Waals surface area contributed by atoms with Crippen molar-refractivity contribution in [3.8, 4) is 0 Å². The Kier molecular flexibility index (Phi) is 3.62. The minimum atomic E-state index is 0.646. The molecule has 0 saturated carbocycles. The van der Waals surface area contributed by atoms with E-state index in [4.69, 9.17) is 0 Å². The molecule has 1 nitrogen and oxygen atoms in total. The highest BCUT2D eigenvalue weighted by Gasteiger charge is 2.16. The Labute approximate surface area is 104 Å². The van der Waals surface area contributed by atoms with Gasteiger partial charge in [0.2, 0.25) is 0 Å². The molecule has 0 bridgehead atoms. The van der Waals surface area contributed by atoms with Crippen LogP contribution in [-0.2, 0) is 0 Å². The highest BCUT2D eigenvalue weighted by molar-refractivity contribution is 9.10. The first-order chi connectivity index (χ1) is 7.16. The number of thioether (sulfide) groups is 1. The molecule has 1 fully saturated rings. The highest BCUT2D eigenvalue weighted by Crippen LogP contribution is 2.30. The van der Waals surface area contributed by atoms with E-state index in [0.717, 1.165) is 0 Å². The standard InChI is InChI=1S/C12H16BrNS/c1-8-5-9(2)12(11(13)6-8)14-10-3-4-15-7-10/h5-6,10,14H,3-4,7H2,1-2H3. The molecule has 1 saturated heterocycles. The first kappa shape index (κ1) is 11.3. The fourth-order valence-electron chi connectivity index (χ4n) is 1.95. The van der Waals surface area contributed by atoms with E-state index in [0.29, 0.717) is 6.04 Å². The second-order valence-corrected chi connectivity index (χ2v) is 6.15. The Morgan fingerprint density at radius 2 is 2.20 bits per heavy atom. The Morgan fingerprint density at radius 1 is 1.40 bits per heavy atom. The van der Waals surface area contributed by atoms with Gasteiger partial charge in [0.15, 0.2) is 0 Å². The van der Waals surface area contributed by atoms with Gasteiger partial charge in [0.25, 0.3) is 0 Å². The molecule has 3 heteroatoms. The summed E-state index contributed by atoms with van der Waals surface area (Å²) < 4.78 is 1.19. The molecular formula is C12H16BrNS. The van der Waals surface area contributed by atoms with Gasteiger partial charge in [-0.25, -0.2) is 0 Å². The van der Waals surface area contributed by atoms with Gasteiger partial charge in [-0.2, -0.15) is 11.8 Å². The van der Waals surface area contributed by atoms with Crippen LogP contribution in [0.3, 0.4) is 0 Å². The molecule has 1 aliphatic heterocycles. The number of aryl methyl sites for hydroxylation is 2. The Balaban J connectivity index is 2.19. The summed E-state index contributed by atoms with van der Waals surface area (Å²) >= 11 is 5.67. The van der Waals surface area contributed by atoms with Crippen molar-refractivity contribution < 1.29 is 0 Å². The lowest BCUT2D eigenvalue weighted by atomic mass is 10.1. The van der Waals surface area contributed by atoms with Crippen LogP contribution in [0.2, 0.25) is 0 Å². The summed E-state index contributed by atoms with van der Waals surface area (Å²) in [6.45, 7) is 4.30. The predicted molar refractivity (Wildman–Crippen MR) is 73.0 cm³/mol. The molecule has 0 amide bonds. The Bertz CT molecular complexity index is 336. The van der Waals surface area contributed by atoms with Gasteiger partial charge in [-0.15, -0.1) is 0 Å². The number of halogens is 1. The van der Waals surface area contributed by atoms with E-state index in [9.17, 15) is 0 Å². The summed E-state index contributed by atoms with van der Waals surface area (Å²) in [7, 11) is 0. The van der Waals surface area contributed by atoms with Gasteiger partial charge in [0, 0.05) is 16.3 Å². The third kappa shape index (κ3) is 2.70. The van der Waals surface area contributed by atoms with Crippen molar-refractivity contribution in [3.05, 3.63) is 27.7 Å². The van der Waals surface area contributed by atoms with Crippen molar-refractivity contribution in [1.29, 1.82) is 0 Å². The van der Waals surface area contributed by atoms with E-state index >= 15 is 0 Å². The lowest BCUT2D eigenvalue weighted by molar-refractivity contribution is 0.811.